The molecule has 2 aliphatic heterocycles. The molecule has 0 radical (unpaired) electrons. The van der Waals surface area contributed by atoms with E-state index >= 15 is 0 Å². The summed E-state index contributed by atoms with van der Waals surface area (Å²) in [5.74, 6) is 2.30. The third-order valence-electron chi connectivity index (χ3n) is 8.10. The summed E-state index contributed by atoms with van der Waals surface area (Å²) in [6.07, 6.45) is 2.41. The summed E-state index contributed by atoms with van der Waals surface area (Å²) < 4.78 is 12.3. The van der Waals surface area contributed by atoms with Crippen molar-refractivity contribution in [3.63, 3.8) is 0 Å². The molecule has 0 amide bonds. The predicted molar refractivity (Wildman–Crippen MR) is 107 cm³/mol. The standard InChI is InChI=1S/C24H27NO3/c1-25-11-10-24-17-13-16(14-6-4-3-5-7-14)21(26)23(24)28-22-19(27-2)9-8-15(20(22)24)12-18(17)25/h3-9,16-18,21,23,26H,10-13H2,1-2H3/t16-,17?,18-,21+,23+,24+/m1/s1. The molecule has 1 N–H and O–H groups in total. The molecule has 4 aliphatic rings. The van der Waals surface area contributed by atoms with Gasteiger partial charge < -0.3 is 19.5 Å². The van der Waals surface area contributed by atoms with E-state index in [9.17, 15) is 5.11 Å². The number of aliphatic hydroxyl groups is 1. The van der Waals surface area contributed by atoms with Gasteiger partial charge in [0.1, 0.15) is 6.10 Å². The van der Waals surface area contributed by atoms with E-state index < -0.39 is 6.10 Å². The van der Waals surface area contributed by atoms with Gasteiger partial charge in [0, 0.05) is 22.9 Å². The van der Waals surface area contributed by atoms with Gasteiger partial charge in [0.15, 0.2) is 11.5 Å². The molecule has 1 unspecified atom stereocenters. The third-order valence-corrected chi connectivity index (χ3v) is 8.10. The van der Waals surface area contributed by atoms with Gasteiger partial charge in [-0.2, -0.15) is 0 Å². The highest BCUT2D eigenvalue weighted by Crippen LogP contribution is 2.65. The molecule has 2 aliphatic carbocycles. The Bertz CT molecular complexity index is 929. The van der Waals surface area contributed by atoms with Crippen LogP contribution in [0.5, 0.6) is 11.5 Å². The Morgan fingerprint density at radius 2 is 2.00 bits per heavy atom. The molecule has 2 aromatic carbocycles. The van der Waals surface area contributed by atoms with E-state index in [0.29, 0.717) is 12.0 Å². The highest BCUT2D eigenvalue weighted by Gasteiger charge is 2.67. The fourth-order valence-electron chi connectivity index (χ4n) is 6.89. The molecule has 28 heavy (non-hydrogen) atoms. The van der Waals surface area contributed by atoms with Gasteiger partial charge in [-0.25, -0.2) is 0 Å². The van der Waals surface area contributed by atoms with Crippen LogP contribution in [0.3, 0.4) is 0 Å². The summed E-state index contributed by atoms with van der Waals surface area (Å²) >= 11 is 0. The van der Waals surface area contributed by atoms with Crippen LogP contribution in [0.4, 0.5) is 0 Å². The fourth-order valence-corrected chi connectivity index (χ4v) is 6.89. The Labute approximate surface area is 166 Å². The summed E-state index contributed by atoms with van der Waals surface area (Å²) in [4.78, 5) is 2.54. The van der Waals surface area contributed by atoms with Gasteiger partial charge in [-0.15, -0.1) is 0 Å². The van der Waals surface area contributed by atoms with Crippen LogP contribution in [0.1, 0.15) is 35.4 Å². The first-order valence-corrected chi connectivity index (χ1v) is 10.5. The van der Waals surface area contributed by atoms with Crippen LogP contribution < -0.4 is 9.47 Å². The lowest BCUT2D eigenvalue weighted by molar-refractivity contribution is -0.110. The lowest BCUT2D eigenvalue weighted by Gasteiger charge is -2.60. The van der Waals surface area contributed by atoms with Crippen LogP contribution >= 0.6 is 0 Å². The van der Waals surface area contributed by atoms with Crippen molar-refractivity contribution in [3.8, 4) is 11.5 Å². The molecule has 2 aromatic rings. The maximum absolute atomic E-state index is 11.6. The van der Waals surface area contributed by atoms with Gasteiger partial charge in [0.25, 0.3) is 0 Å². The number of piperidine rings is 1. The van der Waals surface area contributed by atoms with Gasteiger partial charge >= 0.3 is 0 Å². The molecule has 6 atom stereocenters. The first-order chi connectivity index (χ1) is 13.6. The average molecular weight is 377 g/mol. The molecule has 1 saturated heterocycles. The minimum Gasteiger partial charge on any atom is -0.493 e. The van der Waals surface area contributed by atoms with Gasteiger partial charge in [-0.1, -0.05) is 36.4 Å². The number of rotatable bonds is 2. The second kappa shape index (κ2) is 5.74. The van der Waals surface area contributed by atoms with E-state index in [-0.39, 0.29) is 17.4 Å². The van der Waals surface area contributed by atoms with Gasteiger partial charge in [-0.05, 0) is 56.0 Å². The van der Waals surface area contributed by atoms with Crippen LogP contribution in [0.2, 0.25) is 0 Å². The lowest BCUT2D eigenvalue weighted by atomic mass is 9.49. The molecule has 1 saturated carbocycles. The molecule has 6 rings (SSSR count). The number of methoxy groups -OCH3 is 1. The Balaban J connectivity index is 1.55. The molecule has 2 bridgehead atoms. The predicted octanol–water partition coefficient (Wildman–Crippen LogP) is 3.12. The molecule has 4 heteroatoms. The average Bonchev–Trinajstić information content (AvgIpc) is 3.08. The Kier molecular flexibility index (Phi) is 3.46. The van der Waals surface area contributed by atoms with Crippen LogP contribution in [-0.2, 0) is 11.8 Å². The fraction of sp³-hybridized carbons (Fsp3) is 0.500. The van der Waals surface area contributed by atoms with Crippen molar-refractivity contribution in [2.24, 2.45) is 5.92 Å². The summed E-state index contributed by atoms with van der Waals surface area (Å²) in [5.41, 5.74) is 3.87. The van der Waals surface area contributed by atoms with E-state index in [4.69, 9.17) is 9.47 Å². The van der Waals surface area contributed by atoms with E-state index in [1.54, 1.807) is 7.11 Å². The molecule has 1 spiro atoms. The Morgan fingerprint density at radius 1 is 1.18 bits per heavy atom. The lowest BCUT2D eigenvalue weighted by Crippen LogP contribution is -2.67. The molecule has 4 nitrogen and oxygen atoms in total. The Morgan fingerprint density at radius 3 is 2.79 bits per heavy atom. The van der Waals surface area contributed by atoms with Gasteiger partial charge in [-0.3, -0.25) is 0 Å². The number of aliphatic hydroxyl groups excluding tert-OH is 1. The van der Waals surface area contributed by atoms with E-state index in [2.05, 4.69) is 42.3 Å². The molecular weight excluding hydrogens is 350 g/mol. The van der Waals surface area contributed by atoms with E-state index in [1.165, 1.54) is 16.7 Å². The third kappa shape index (κ3) is 1.93. The van der Waals surface area contributed by atoms with Crippen molar-refractivity contribution in [2.45, 2.75) is 48.8 Å². The normalized spacial score (nSPS) is 37.9. The zero-order valence-electron chi connectivity index (χ0n) is 16.5. The highest BCUT2D eigenvalue weighted by molar-refractivity contribution is 5.61. The topological polar surface area (TPSA) is 41.9 Å². The SMILES string of the molecule is COc1ccc2c3c1O[C@H]1[C@@H](O)[C@@H](c4ccccc4)CC4[C@@H](C2)N(C)CC[C@@]341. The quantitative estimate of drug-likeness (QED) is 0.873. The molecule has 2 heterocycles. The first-order valence-electron chi connectivity index (χ1n) is 10.5. The molecule has 2 fully saturated rings. The van der Waals surface area contributed by atoms with Gasteiger partial charge in [0.05, 0.1) is 13.2 Å². The second-order valence-corrected chi connectivity index (χ2v) is 9.06. The van der Waals surface area contributed by atoms with Crippen molar-refractivity contribution in [1.29, 1.82) is 0 Å². The Hall–Kier alpha value is -2.04. The highest BCUT2D eigenvalue weighted by atomic mass is 16.5. The van der Waals surface area contributed by atoms with E-state index in [1.807, 2.05) is 12.1 Å². The number of hydrogen-bond donors (Lipinski definition) is 1. The molecule has 146 valence electrons. The number of benzene rings is 2. The minimum atomic E-state index is -0.509. The maximum atomic E-state index is 11.6. The summed E-state index contributed by atoms with van der Waals surface area (Å²) in [6, 6.07) is 15.3. The molecular formula is C24H27NO3. The number of ether oxygens (including phenoxy) is 2. The van der Waals surface area contributed by atoms with Crippen molar-refractivity contribution < 1.29 is 14.6 Å². The first kappa shape index (κ1) is 16.9. The number of likely N-dealkylation sites (N-methyl/N-ethyl adjacent to an activating group) is 1. The van der Waals surface area contributed by atoms with Crippen LogP contribution in [0, 0.1) is 5.92 Å². The smallest absolute Gasteiger partial charge is 0.165 e. The van der Waals surface area contributed by atoms with Gasteiger partial charge in [0.2, 0.25) is 0 Å². The number of hydrogen-bond acceptors (Lipinski definition) is 4. The van der Waals surface area contributed by atoms with Crippen molar-refractivity contribution >= 4 is 0 Å². The number of nitrogens with zero attached hydrogens (tertiary/aromatic N) is 1. The second-order valence-electron chi connectivity index (χ2n) is 9.06. The monoisotopic (exact) mass is 377 g/mol. The van der Waals surface area contributed by atoms with Crippen LogP contribution in [-0.4, -0.2) is 49.0 Å². The largest absolute Gasteiger partial charge is 0.493 e. The molecule has 0 aromatic heterocycles. The zero-order valence-corrected chi connectivity index (χ0v) is 16.5. The zero-order chi connectivity index (χ0) is 19.0. The summed E-state index contributed by atoms with van der Waals surface area (Å²) in [7, 11) is 3.97. The maximum Gasteiger partial charge on any atom is 0.165 e. The van der Waals surface area contributed by atoms with E-state index in [0.717, 1.165) is 37.3 Å². The van der Waals surface area contributed by atoms with Crippen molar-refractivity contribution in [3.05, 3.63) is 59.2 Å². The van der Waals surface area contributed by atoms with Crippen LogP contribution in [0.15, 0.2) is 42.5 Å². The summed E-state index contributed by atoms with van der Waals surface area (Å²) in [5, 5.41) is 11.6. The summed E-state index contributed by atoms with van der Waals surface area (Å²) in [6.45, 7) is 1.06. The minimum absolute atomic E-state index is 0.0840. The van der Waals surface area contributed by atoms with Crippen molar-refractivity contribution in [1.82, 2.24) is 4.90 Å². The van der Waals surface area contributed by atoms with Crippen LogP contribution in [0.25, 0.3) is 0 Å². The number of likely N-dealkylation sites (tertiary alicyclic amines) is 1. The van der Waals surface area contributed by atoms with Crippen molar-refractivity contribution in [2.75, 3.05) is 20.7 Å².